The molecule has 0 aliphatic heterocycles. The van der Waals surface area contributed by atoms with E-state index in [0.717, 1.165) is 0 Å². The smallest absolute Gasteiger partial charge is 0.178 e. The van der Waals surface area contributed by atoms with E-state index in [1.165, 1.54) is 6.92 Å². The van der Waals surface area contributed by atoms with Gasteiger partial charge in [-0.05, 0) is 13.8 Å². The van der Waals surface area contributed by atoms with E-state index in [-0.39, 0.29) is 11.6 Å². The molecule has 1 heterocycles. The predicted octanol–water partition coefficient (Wildman–Crippen LogP) is 0.768. The summed E-state index contributed by atoms with van der Waals surface area (Å²) in [6.45, 7) is 3.08. The van der Waals surface area contributed by atoms with Crippen LogP contribution in [0.4, 0.5) is 5.82 Å². The highest BCUT2D eigenvalue weighted by Gasteiger charge is 2.13. The van der Waals surface area contributed by atoms with Crippen LogP contribution < -0.4 is 5.73 Å². The van der Waals surface area contributed by atoms with Crippen LogP contribution in [0.25, 0.3) is 0 Å². The number of carbonyl (C=O) groups excluding carboxylic acids is 1. The van der Waals surface area contributed by atoms with E-state index >= 15 is 0 Å². The summed E-state index contributed by atoms with van der Waals surface area (Å²) in [5.74, 6) is 0.534. The molecule has 0 saturated heterocycles. The van der Waals surface area contributed by atoms with Gasteiger partial charge in [0.1, 0.15) is 11.3 Å². The Morgan fingerprint density at radius 3 is 2.50 bits per heavy atom. The number of nitrogens with two attached hydrogens (primary N) is 1. The average Bonchev–Trinajstić information content (AvgIpc) is 2.11. The van der Waals surface area contributed by atoms with Gasteiger partial charge in [0.15, 0.2) is 11.6 Å². The largest absolute Gasteiger partial charge is 0.380 e. The number of Topliss-reactive ketones (excluding diaryl/α,β-unsaturated/α-hetero) is 1. The SMILES string of the molecule is CC(=O)c1c(N)noc1C. The molecule has 10 heavy (non-hydrogen) atoms. The highest BCUT2D eigenvalue weighted by atomic mass is 16.5. The van der Waals surface area contributed by atoms with Gasteiger partial charge in [-0.3, -0.25) is 4.79 Å². The van der Waals surface area contributed by atoms with Gasteiger partial charge in [-0.15, -0.1) is 0 Å². The van der Waals surface area contributed by atoms with Gasteiger partial charge in [0, 0.05) is 0 Å². The summed E-state index contributed by atoms with van der Waals surface area (Å²) >= 11 is 0. The van der Waals surface area contributed by atoms with E-state index in [2.05, 4.69) is 9.68 Å². The van der Waals surface area contributed by atoms with E-state index in [0.29, 0.717) is 11.3 Å². The fourth-order valence-corrected chi connectivity index (χ4v) is 0.818. The Kier molecular flexibility index (Phi) is 1.45. The van der Waals surface area contributed by atoms with Crippen molar-refractivity contribution in [3.63, 3.8) is 0 Å². The third-order valence-corrected chi connectivity index (χ3v) is 1.24. The van der Waals surface area contributed by atoms with Crippen LogP contribution in [0, 0.1) is 6.92 Å². The molecular formula is C6H8N2O2. The summed E-state index contributed by atoms with van der Waals surface area (Å²) in [6.07, 6.45) is 0. The van der Waals surface area contributed by atoms with Crippen molar-refractivity contribution < 1.29 is 9.32 Å². The van der Waals surface area contributed by atoms with Crippen LogP contribution in [-0.4, -0.2) is 10.9 Å². The molecule has 0 atom stereocenters. The number of ketones is 1. The van der Waals surface area contributed by atoms with E-state index in [9.17, 15) is 4.79 Å². The number of hydrogen-bond acceptors (Lipinski definition) is 4. The van der Waals surface area contributed by atoms with Gasteiger partial charge in [-0.1, -0.05) is 5.16 Å². The number of aryl methyl sites for hydroxylation is 1. The van der Waals surface area contributed by atoms with Gasteiger partial charge in [-0.25, -0.2) is 0 Å². The van der Waals surface area contributed by atoms with Crippen LogP contribution in [0.1, 0.15) is 23.0 Å². The van der Waals surface area contributed by atoms with E-state index < -0.39 is 0 Å². The highest BCUT2D eigenvalue weighted by Crippen LogP contribution is 2.14. The molecule has 0 aliphatic rings. The molecule has 4 nitrogen and oxygen atoms in total. The molecule has 0 spiro atoms. The van der Waals surface area contributed by atoms with Crippen LogP contribution >= 0.6 is 0 Å². The Labute approximate surface area is 58.0 Å². The Morgan fingerprint density at radius 1 is 1.70 bits per heavy atom. The first-order valence-corrected chi connectivity index (χ1v) is 2.85. The predicted molar refractivity (Wildman–Crippen MR) is 35.7 cm³/mol. The third kappa shape index (κ3) is 0.877. The second-order valence-corrected chi connectivity index (χ2v) is 2.06. The number of nitrogens with zero attached hydrogens (tertiary/aromatic N) is 1. The van der Waals surface area contributed by atoms with Gasteiger partial charge in [0.25, 0.3) is 0 Å². The van der Waals surface area contributed by atoms with Gasteiger partial charge in [-0.2, -0.15) is 0 Å². The Hall–Kier alpha value is -1.32. The van der Waals surface area contributed by atoms with Gasteiger partial charge in [0.2, 0.25) is 0 Å². The molecule has 4 heteroatoms. The van der Waals surface area contributed by atoms with Gasteiger partial charge < -0.3 is 10.3 Å². The van der Waals surface area contributed by atoms with Crippen LogP contribution in [0.15, 0.2) is 4.52 Å². The molecule has 0 aromatic carbocycles. The number of aromatic nitrogens is 1. The molecular weight excluding hydrogens is 132 g/mol. The number of carbonyl (C=O) groups is 1. The van der Waals surface area contributed by atoms with Crippen molar-refractivity contribution >= 4 is 11.6 Å². The van der Waals surface area contributed by atoms with E-state index in [1.54, 1.807) is 6.92 Å². The molecule has 0 unspecified atom stereocenters. The first kappa shape index (κ1) is 6.80. The zero-order valence-corrected chi connectivity index (χ0v) is 5.84. The minimum atomic E-state index is -0.115. The Balaban J connectivity index is 3.23. The van der Waals surface area contributed by atoms with Crippen molar-refractivity contribution in [3.8, 4) is 0 Å². The first-order chi connectivity index (χ1) is 4.63. The molecule has 0 aliphatic carbocycles. The summed E-state index contributed by atoms with van der Waals surface area (Å²) < 4.78 is 4.66. The summed E-state index contributed by atoms with van der Waals surface area (Å²) in [6, 6.07) is 0. The normalized spacial score (nSPS) is 9.80. The molecule has 2 N–H and O–H groups in total. The molecule has 0 fully saturated rings. The van der Waals surface area contributed by atoms with Crippen molar-refractivity contribution in [2.24, 2.45) is 0 Å². The fraction of sp³-hybridized carbons (Fsp3) is 0.333. The Bertz CT molecular complexity index is 245. The fourth-order valence-electron chi connectivity index (χ4n) is 0.818. The average molecular weight is 140 g/mol. The quantitative estimate of drug-likeness (QED) is 0.585. The summed E-state index contributed by atoms with van der Waals surface area (Å²) in [4.78, 5) is 10.8. The molecule has 1 aromatic heterocycles. The van der Waals surface area contributed by atoms with E-state index in [4.69, 9.17) is 5.73 Å². The van der Waals surface area contributed by atoms with Crippen molar-refractivity contribution in [1.29, 1.82) is 0 Å². The number of nitrogen functional groups attached to an aromatic ring is 1. The standard InChI is InChI=1S/C6H8N2O2/c1-3(9)5-4(2)10-8-6(5)7/h1-2H3,(H2,7,8). The minimum absolute atomic E-state index is 0.115. The van der Waals surface area contributed by atoms with Gasteiger partial charge in [0.05, 0.1) is 0 Å². The lowest BCUT2D eigenvalue weighted by Gasteiger charge is -1.88. The maximum absolute atomic E-state index is 10.8. The zero-order chi connectivity index (χ0) is 7.72. The number of rotatable bonds is 1. The topological polar surface area (TPSA) is 69.1 Å². The molecule has 0 bridgehead atoms. The second-order valence-electron chi connectivity index (χ2n) is 2.06. The van der Waals surface area contributed by atoms with Crippen molar-refractivity contribution in [3.05, 3.63) is 11.3 Å². The highest BCUT2D eigenvalue weighted by molar-refractivity contribution is 5.98. The molecule has 1 rings (SSSR count). The van der Waals surface area contributed by atoms with Crippen molar-refractivity contribution in [2.45, 2.75) is 13.8 Å². The van der Waals surface area contributed by atoms with Gasteiger partial charge >= 0.3 is 0 Å². The maximum atomic E-state index is 10.8. The summed E-state index contributed by atoms with van der Waals surface area (Å²) in [5.41, 5.74) is 5.71. The number of anilines is 1. The monoisotopic (exact) mass is 140 g/mol. The van der Waals surface area contributed by atoms with Crippen LogP contribution in [0.3, 0.4) is 0 Å². The van der Waals surface area contributed by atoms with Crippen molar-refractivity contribution in [2.75, 3.05) is 5.73 Å². The second kappa shape index (κ2) is 2.13. The lowest BCUT2D eigenvalue weighted by Crippen LogP contribution is -1.97. The lowest BCUT2D eigenvalue weighted by molar-refractivity contribution is 0.101. The van der Waals surface area contributed by atoms with Crippen LogP contribution in [0.2, 0.25) is 0 Å². The molecule has 54 valence electrons. The summed E-state index contributed by atoms with van der Waals surface area (Å²) in [5, 5.41) is 3.42. The maximum Gasteiger partial charge on any atom is 0.178 e. The third-order valence-electron chi connectivity index (χ3n) is 1.24. The molecule has 0 amide bonds. The Morgan fingerprint density at radius 2 is 2.30 bits per heavy atom. The summed E-state index contributed by atoms with van der Waals surface area (Å²) in [7, 11) is 0. The van der Waals surface area contributed by atoms with E-state index in [1.807, 2.05) is 0 Å². The van der Waals surface area contributed by atoms with Crippen molar-refractivity contribution in [1.82, 2.24) is 5.16 Å². The van der Waals surface area contributed by atoms with Crippen LogP contribution in [0.5, 0.6) is 0 Å². The minimum Gasteiger partial charge on any atom is -0.380 e. The lowest BCUT2D eigenvalue weighted by atomic mass is 10.2. The number of hydrogen-bond donors (Lipinski definition) is 1. The molecule has 1 aromatic rings. The molecule has 0 saturated carbocycles. The first-order valence-electron chi connectivity index (χ1n) is 2.85. The molecule has 0 radical (unpaired) electrons. The van der Waals surface area contributed by atoms with Crippen LogP contribution in [-0.2, 0) is 0 Å². The zero-order valence-electron chi connectivity index (χ0n) is 5.84.